The van der Waals surface area contributed by atoms with Crippen LogP contribution in [0.15, 0.2) is 0 Å². The quantitative estimate of drug-likeness (QED) is 0.164. The predicted molar refractivity (Wildman–Crippen MR) is 129 cm³/mol. The highest BCUT2D eigenvalue weighted by Crippen LogP contribution is 2.15. The lowest BCUT2D eigenvalue weighted by Gasteiger charge is -2.21. The second-order valence-corrected chi connectivity index (χ2v) is 9.39. The van der Waals surface area contributed by atoms with E-state index in [1.165, 1.54) is 90.0 Å². The highest BCUT2D eigenvalue weighted by atomic mass is 16.5. The van der Waals surface area contributed by atoms with Crippen LogP contribution in [0.25, 0.3) is 0 Å². The molecule has 0 saturated heterocycles. The standard InChI is InChI=1S/C26H55NO2/c1-6-8-10-12-14-17-26(4)24-27(5)19-21-29-23-22-28-20-15-18-25(3)16-13-11-9-7-2/h25-26H,6-24H2,1-5H3. The Kier molecular flexibility index (Phi) is 22.5. The summed E-state index contributed by atoms with van der Waals surface area (Å²) in [5.74, 6) is 1.64. The minimum absolute atomic E-state index is 0.730. The third kappa shape index (κ3) is 22.4. The van der Waals surface area contributed by atoms with Gasteiger partial charge in [-0.05, 0) is 38.1 Å². The fraction of sp³-hybridized carbons (Fsp3) is 1.00. The van der Waals surface area contributed by atoms with E-state index in [9.17, 15) is 0 Å². The molecule has 0 spiro atoms. The lowest BCUT2D eigenvalue weighted by molar-refractivity contribution is 0.0378. The molecule has 0 heterocycles. The Hall–Kier alpha value is -0.120. The molecule has 0 aliphatic heterocycles. The molecular weight excluding hydrogens is 358 g/mol. The molecule has 0 fully saturated rings. The van der Waals surface area contributed by atoms with Gasteiger partial charge in [-0.15, -0.1) is 0 Å². The van der Waals surface area contributed by atoms with Gasteiger partial charge in [0.25, 0.3) is 0 Å². The predicted octanol–water partition coefficient (Wildman–Crippen LogP) is 7.33. The molecule has 0 aromatic heterocycles. The summed E-state index contributed by atoms with van der Waals surface area (Å²) in [4.78, 5) is 2.42. The molecule has 0 N–H and O–H groups in total. The van der Waals surface area contributed by atoms with Crippen molar-refractivity contribution in [3.05, 3.63) is 0 Å². The summed E-state index contributed by atoms with van der Waals surface area (Å²) < 4.78 is 11.5. The van der Waals surface area contributed by atoms with Crippen molar-refractivity contribution in [1.29, 1.82) is 0 Å². The van der Waals surface area contributed by atoms with Gasteiger partial charge in [0.2, 0.25) is 0 Å². The molecule has 0 aliphatic carbocycles. The van der Waals surface area contributed by atoms with Gasteiger partial charge in [0.15, 0.2) is 0 Å². The van der Waals surface area contributed by atoms with Gasteiger partial charge in [-0.1, -0.05) is 91.9 Å². The molecule has 29 heavy (non-hydrogen) atoms. The minimum Gasteiger partial charge on any atom is -0.379 e. The van der Waals surface area contributed by atoms with Gasteiger partial charge in [-0.2, -0.15) is 0 Å². The second-order valence-electron chi connectivity index (χ2n) is 9.39. The zero-order valence-corrected chi connectivity index (χ0v) is 20.9. The molecule has 176 valence electrons. The molecule has 0 aromatic rings. The van der Waals surface area contributed by atoms with Crippen LogP contribution in [-0.4, -0.2) is 51.5 Å². The fourth-order valence-corrected chi connectivity index (χ4v) is 3.95. The maximum absolute atomic E-state index is 5.75. The molecule has 0 aliphatic rings. The summed E-state index contributed by atoms with van der Waals surface area (Å²) in [7, 11) is 2.22. The number of ether oxygens (including phenoxy) is 2. The first kappa shape index (κ1) is 28.9. The van der Waals surface area contributed by atoms with Crippen molar-refractivity contribution in [2.45, 2.75) is 111 Å². The minimum atomic E-state index is 0.730. The van der Waals surface area contributed by atoms with E-state index in [1.54, 1.807) is 0 Å². The van der Waals surface area contributed by atoms with Gasteiger partial charge in [0, 0.05) is 19.7 Å². The summed E-state index contributed by atoms with van der Waals surface area (Å²) in [6, 6.07) is 0. The van der Waals surface area contributed by atoms with Crippen LogP contribution in [-0.2, 0) is 9.47 Å². The lowest BCUT2D eigenvalue weighted by atomic mass is 9.98. The van der Waals surface area contributed by atoms with Crippen LogP contribution in [0.1, 0.15) is 111 Å². The molecule has 0 amide bonds. The summed E-state index contributed by atoms with van der Waals surface area (Å²) in [5.41, 5.74) is 0. The van der Waals surface area contributed by atoms with Crippen LogP contribution in [0.5, 0.6) is 0 Å². The highest BCUT2D eigenvalue weighted by molar-refractivity contribution is 4.60. The SMILES string of the molecule is CCCCCCCC(C)CN(C)CCOCCOCCCC(C)CCCCCC. The van der Waals surface area contributed by atoms with Crippen molar-refractivity contribution in [1.82, 2.24) is 4.90 Å². The Morgan fingerprint density at radius 1 is 0.586 bits per heavy atom. The van der Waals surface area contributed by atoms with E-state index in [0.29, 0.717) is 0 Å². The van der Waals surface area contributed by atoms with E-state index in [2.05, 4.69) is 39.6 Å². The Bertz CT molecular complexity index is 311. The van der Waals surface area contributed by atoms with Gasteiger partial charge in [0.1, 0.15) is 0 Å². The molecule has 0 bridgehead atoms. The van der Waals surface area contributed by atoms with Crippen LogP contribution in [0.3, 0.4) is 0 Å². The third-order valence-corrected chi connectivity index (χ3v) is 5.95. The van der Waals surface area contributed by atoms with Crippen LogP contribution >= 0.6 is 0 Å². The first-order valence-corrected chi connectivity index (χ1v) is 12.9. The van der Waals surface area contributed by atoms with Gasteiger partial charge in [0.05, 0.1) is 19.8 Å². The number of likely N-dealkylation sites (N-methyl/N-ethyl adjacent to an activating group) is 1. The van der Waals surface area contributed by atoms with Gasteiger partial charge >= 0.3 is 0 Å². The van der Waals surface area contributed by atoms with E-state index >= 15 is 0 Å². The first-order valence-electron chi connectivity index (χ1n) is 12.9. The number of hydrogen-bond donors (Lipinski definition) is 0. The molecule has 2 atom stereocenters. The van der Waals surface area contributed by atoms with Crippen LogP contribution < -0.4 is 0 Å². The van der Waals surface area contributed by atoms with E-state index in [0.717, 1.165) is 44.8 Å². The molecule has 0 radical (unpaired) electrons. The largest absolute Gasteiger partial charge is 0.379 e. The number of rotatable bonds is 23. The van der Waals surface area contributed by atoms with Crippen molar-refractivity contribution < 1.29 is 9.47 Å². The summed E-state index contributed by atoms with van der Waals surface area (Å²) in [5, 5.41) is 0. The molecule has 0 aromatic carbocycles. The monoisotopic (exact) mass is 413 g/mol. The summed E-state index contributed by atoms with van der Waals surface area (Å²) >= 11 is 0. The Morgan fingerprint density at radius 3 is 1.76 bits per heavy atom. The second kappa shape index (κ2) is 22.6. The van der Waals surface area contributed by atoms with Crippen molar-refractivity contribution in [2.75, 3.05) is 46.6 Å². The van der Waals surface area contributed by atoms with Crippen LogP contribution in [0, 0.1) is 11.8 Å². The van der Waals surface area contributed by atoms with Crippen LogP contribution in [0.2, 0.25) is 0 Å². The summed E-state index contributed by atoms with van der Waals surface area (Å²) in [6.45, 7) is 14.7. The van der Waals surface area contributed by atoms with Gasteiger partial charge < -0.3 is 14.4 Å². The van der Waals surface area contributed by atoms with Crippen molar-refractivity contribution in [3.8, 4) is 0 Å². The van der Waals surface area contributed by atoms with Crippen LogP contribution in [0.4, 0.5) is 0 Å². The Labute approximate surface area is 184 Å². The zero-order chi connectivity index (χ0) is 21.6. The first-order chi connectivity index (χ1) is 14.1. The van der Waals surface area contributed by atoms with E-state index in [-0.39, 0.29) is 0 Å². The molecule has 3 nitrogen and oxygen atoms in total. The van der Waals surface area contributed by atoms with Crippen molar-refractivity contribution >= 4 is 0 Å². The molecular formula is C26H55NO2. The van der Waals surface area contributed by atoms with E-state index < -0.39 is 0 Å². The average Bonchev–Trinajstić information content (AvgIpc) is 2.69. The smallest absolute Gasteiger partial charge is 0.0701 e. The Morgan fingerprint density at radius 2 is 1.10 bits per heavy atom. The zero-order valence-electron chi connectivity index (χ0n) is 20.9. The van der Waals surface area contributed by atoms with E-state index in [4.69, 9.17) is 9.47 Å². The Balaban J connectivity index is 3.34. The fourth-order valence-electron chi connectivity index (χ4n) is 3.95. The highest BCUT2D eigenvalue weighted by Gasteiger charge is 2.06. The average molecular weight is 414 g/mol. The third-order valence-electron chi connectivity index (χ3n) is 5.95. The van der Waals surface area contributed by atoms with Gasteiger partial charge in [-0.25, -0.2) is 0 Å². The normalized spacial score (nSPS) is 13.9. The molecule has 0 saturated carbocycles. The molecule has 0 rings (SSSR count). The summed E-state index contributed by atoms with van der Waals surface area (Å²) in [6.07, 6.45) is 17.7. The topological polar surface area (TPSA) is 21.7 Å². The molecule has 3 heteroatoms. The van der Waals surface area contributed by atoms with Crippen molar-refractivity contribution in [3.63, 3.8) is 0 Å². The number of unbranched alkanes of at least 4 members (excludes halogenated alkanes) is 7. The maximum Gasteiger partial charge on any atom is 0.0701 e. The molecule has 2 unspecified atom stereocenters. The number of nitrogens with zero attached hydrogens (tertiary/aromatic N) is 1. The van der Waals surface area contributed by atoms with Crippen molar-refractivity contribution in [2.24, 2.45) is 11.8 Å². The number of hydrogen-bond acceptors (Lipinski definition) is 3. The lowest BCUT2D eigenvalue weighted by Crippen LogP contribution is -2.28. The van der Waals surface area contributed by atoms with E-state index in [1.807, 2.05) is 0 Å². The van der Waals surface area contributed by atoms with Gasteiger partial charge in [-0.3, -0.25) is 0 Å². The maximum atomic E-state index is 5.75.